The van der Waals surface area contributed by atoms with Gasteiger partial charge in [0.15, 0.2) is 0 Å². The second-order valence-corrected chi connectivity index (χ2v) is 7.11. The number of carbonyl (C=O) groups is 2. The van der Waals surface area contributed by atoms with Crippen LogP contribution in [0.25, 0.3) is 0 Å². The van der Waals surface area contributed by atoms with Crippen molar-refractivity contribution < 1.29 is 23.1 Å². The Morgan fingerprint density at radius 2 is 1.77 bits per heavy atom. The Kier molecular flexibility index (Phi) is 6.07. The second kappa shape index (κ2) is 7.37. The van der Waals surface area contributed by atoms with Crippen LogP contribution in [-0.4, -0.2) is 31.4 Å². The van der Waals surface area contributed by atoms with Crippen molar-refractivity contribution in [1.82, 2.24) is 5.32 Å². The number of carboxylic acids is 1. The third-order valence-corrected chi connectivity index (χ3v) is 3.63. The number of hydrogen-bond acceptors (Lipinski definition) is 4. The predicted octanol–water partition coefficient (Wildman–Crippen LogP) is 0.704. The topological polar surface area (TPSA) is 127 Å². The van der Waals surface area contributed by atoms with Crippen LogP contribution in [0.15, 0.2) is 24.3 Å². The maximum absolute atomic E-state index is 12.0. The second-order valence-electron chi connectivity index (χ2n) is 5.50. The average molecular weight is 328 g/mol. The maximum Gasteiger partial charge on any atom is 0.326 e. The summed E-state index contributed by atoms with van der Waals surface area (Å²) in [4.78, 5) is 23.1. The summed E-state index contributed by atoms with van der Waals surface area (Å²) in [5, 5.41) is 16.5. The number of nitrogens with two attached hydrogens (primary N) is 1. The monoisotopic (exact) mass is 328 g/mol. The van der Waals surface area contributed by atoms with E-state index in [0.29, 0.717) is 12.0 Å². The van der Waals surface area contributed by atoms with E-state index in [1.807, 2.05) is 13.8 Å². The Morgan fingerprint density at radius 3 is 2.18 bits per heavy atom. The van der Waals surface area contributed by atoms with Gasteiger partial charge in [0.25, 0.3) is 5.91 Å². The molecule has 0 aromatic heterocycles. The molecule has 0 saturated heterocycles. The van der Waals surface area contributed by atoms with Gasteiger partial charge in [0.2, 0.25) is 10.0 Å². The first-order valence-corrected chi connectivity index (χ1v) is 8.43. The first-order valence-electron chi connectivity index (χ1n) is 6.71. The van der Waals surface area contributed by atoms with E-state index in [-0.39, 0.29) is 17.2 Å². The summed E-state index contributed by atoms with van der Waals surface area (Å²) in [5.74, 6) is -1.80. The molecule has 1 aromatic carbocycles. The molecule has 0 fully saturated rings. The molecule has 1 unspecified atom stereocenters. The zero-order chi connectivity index (χ0) is 16.9. The minimum absolute atomic E-state index is 0.124. The molecular weight excluding hydrogens is 308 g/mol. The maximum atomic E-state index is 12.0. The van der Waals surface area contributed by atoms with Crippen LogP contribution in [0.1, 0.15) is 36.2 Å². The van der Waals surface area contributed by atoms with E-state index in [1.165, 1.54) is 24.3 Å². The van der Waals surface area contributed by atoms with Gasteiger partial charge < -0.3 is 10.4 Å². The average Bonchev–Trinajstić information content (AvgIpc) is 2.36. The van der Waals surface area contributed by atoms with E-state index in [1.54, 1.807) is 0 Å². The molecule has 8 heteroatoms. The minimum Gasteiger partial charge on any atom is -0.480 e. The molecule has 122 valence electrons. The van der Waals surface area contributed by atoms with Crippen molar-refractivity contribution in [1.29, 1.82) is 0 Å². The van der Waals surface area contributed by atoms with Crippen molar-refractivity contribution in [3.63, 3.8) is 0 Å². The van der Waals surface area contributed by atoms with Crippen molar-refractivity contribution in [2.75, 3.05) is 0 Å². The van der Waals surface area contributed by atoms with Crippen molar-refractivity contribution in [2.45, 2.75) is 32.1 Å². The molecule has 0 saturated carbocycles. The standard InChI is InChI=1S/C14H20N2O5S/c1-9(2)7-12(14(18)19)16-13(17)11-5-3-10(4-6-11)8-22(15,20)21/h3-6,9,12H,7-8H2,1-2H3,(H,16,17)(H,18,19)(H2,15,20,21). The number of hydrogen-bond donors (Lipinski definition) is 3. The molecule has 1 aromatic rings. The van der Waals surface area contributed by atoms with Gasteiger partial charge in [0.05, 0.1) is 5.75 Å². The molecule has 1 amide bonds. The zero-order valence-corrected chi connectivity index (χ0v) is 13.3. The van der Waals surface area contributed by atoms with Gasteiger partial charge in [-0.15, -0.1) is 0 Å². The van der Waals surface area contributed by atoms with Crippen LogP contribution < -0.4 is 10.5 Å². The molecule has 7 nitrogen and oxygen atoms in total. The number of aliphatic carboxylic acids is 1. The third-order valence-electron chi connectivity index (χ3n) is 2.89. The summed E-state index contributed by atoms with van der Waals surface area (Å²) in [6.07, 6.45) is 0.324. The minimum atomic E-state index is -3.63. The molecule has 0 aliphatic rings. The smallest absolute Gasteiger partial charge is 0.326 e. The van der Waals surface area contributed by atoms with Gasteiger partial charge >= 0.3 is 5.97 Å². The molecule has 0 aliphatic carbocycles. The van der Waals surface area contributed by atoms with E-state index in [2.05, 4.69) is 5.32 Å². The number of primary sulfonamides is 1. The van der Waals surface area contributed by atoms with E-state index >= 15 is 0 Å². The Bertz CT molecular complexity index is 638. The number of rotatable bonds is 7. The SMILES string of the molecule is CC(C)CC(NC(=O)c1ccc(CS(N)(=O)=O)cc1)C(=O)O. The lowest BCUT2D eigenvalue weighted by Crippen LogP contribution is -2.41. The molecule has 0 spiro atoms. The Labute approximate surface area is 129 Å². The Morgan fingerprint density at radius 1 is 1.23 bits per heavy atom. The van der Waals surface area contributed by atoms with Gasteiger partial charge in [-0.25, -0.2) is 18.4 Å². The van der Waals surface area contributed by atoms with Crippen molar-refractivity contribution in [2.24, 2.45) is 11.1 Å². The predicted molar refractivity (Wildman–Crippen MR) is 81.6 cm³/mol. The lowest BCUT2D eigenvalue weighted by Gasteiger charge is -2.16. The summed E-state index contributed by atoms with van der Waals surface area (Å²) in [6.45, 7) is 3.73. The fourth-order valence-electron chi connectivity index (χ4n) is 1.92. The number of sulfonamides is 1. The first kappa shape index (κ1) is 18.1. The highest BCUT2D eigenvalue weighted by Gasteiger charge is 2.21. The van der Waals surface area contributed by atoms with Crippen LogP contribution in [0.2, 0.25) is 0 Å². The van der Waals surface area contributed by atoms with Gasteiger partial charge in [-0.2, -0.15) is 0 Å². The third kappa shape index (κ3) is 6.23. The van der Waals surface area contributed by atoms with E-state index < -0.39 is 27.9 Å². The van der Waals surface area contributed by atoms with E-state index in [9.17, 15) is 18.0 Å². The van der Waals surface area contributed by atoms with Gasteiger partial charge in [-0.1, -0.05) is 26.0 Å². The number of benzene rings is 1. The van der Waals surface area contributed by atoms with Crippen LogP contribution in [-0.2, 0) is 20.6 Å². The summed E-state index contributed by atoms with van der Waals surface area (Å²) in [6, 6.07) is 4.85. The van der Waals surface area contributed by atoms with Crippen molar-refractivity contribution in [3.8, 4) is 0 Å². The van der Waals surface area contributed by atoms with Crippen LogP contribution in [0.5, 0.6) is 0 Å². The fraction of sp³-hybridized carbons (Fsp3) is 0.429. The van der Waals surface area contributed by atoms with Crippen LogP contribution in [0, 0.1) is 5.92 Å². The largest absolute Gasteiger partial charge is 0.480 e. The van der Waals surface area contributed by atoms with Crippen molar-refractivity contribution in [3.05, 3.63) is 35.4 Å². The van der Waals surface area contributed by atoms with Gasteiger partial charge in [-0.3, -0.25) is 4.79 Å². The number of carbonyl (C=O) groups excluding carboxylic acids is 1. The highest BCUT2D eigenvalue weighted by Crippen LogP contribution is 2.09. The van der Waals surface area contributed by atoms with Crippen LogP contribution >= 0.6 is 0 Å². The molecule has 0 radical (unpaired) electrons. The fourth-order valence-corrected chi connectivity index (χ4v) is 2.58. The summed E-state index contributed by atoms with van der Waals surface area (Å²) in [7, 11) is -3.63. The van der Waals surface area contributed by atoms with Gasteiger partial charge in [0.1, 0.15) is 6.04 Å². The summed E-state index contributed by atoms with van der Waals surface area (Å²) < 4.78 is 22.0. The highest BCUT2D eigenvalue weighted by atomic mass is 32.2. The Hall–Kier alpha value is -1.93. The highest BCUT2D eigenvalue weighted by molar-refractivity contribution is 7.88. The van der Waals surface area contributed by atoms with Crippen LogP contribution in [0.4, 0.5) is 0 Å². The molecule has 0 heterocycles. The summed E-state index contributed by atoms with van der Waals surface area (Å²) in [5.41, 5.74) is 0.712. The molecule has 0 bridgehead atoms. The van der Waals surface area contributed by atoms with Gasteiger partial charge in [-0.05, 0) is 30.0 Å². The molecule has 4 N–H and O–H groups in total. The molecular formula is C14H20N2O5S. The molecule has 22 heavy (non-hydrogen) atoms. The molecule has 0 aliphatic heterocycles. The molecule has 1 rings (SSSR count). The first-order chi connectivity index (χ1) is 10.1. The van der Waals surface area contributed by atoms with Crippen LogP contribution in [0.3, 0.4) is 0 Å². The number of nitrogens with one attached hydrogen (secondary N) is 1. The van der Waals surface area contributed by atoms with E-state index in [4.69, 9.17) is 10.2 Å². The molecule has 1 atom stereocenters. The van der Waals surface area contributed by atoms with E-state index in [0.717, 1.165) is 0 Å². The number of amides is 1. The van der Waals surface area contributed by atoms with Gasteiger partial charge in [0, 0.05) is 5.56 Å². The normalized spacial score (nSPS) is 12.9. The lowest BCUT2D eigenvalue weighted by atomic mass is 10.0. The quantitative estimate of drug-likeness (QED) is 0.679. The Balaban J connectivity index is 2.78. The number of carboxylic acid groups (broad SMARTS) is 1. The lowest BCUT2D eigenvalue weighted by molar-refractivity contribution is -0.139. The summed E-state index contributed by atoms with van der Waals surface area (Å²) >= 11 is 0. The zero-order valence-electron chi connectivity index (χ0n) is 12.4. The van der Waals surface area contributed by atoms with Crippen molar-refractivity contribution >= 4 is 21.9 Å².